The Morgan fingerprint density at radius 2 is 2.00 bits per heavy atom. The van der Waals surface area contributed by atoms with Gasteiger partial charge in [-0.25, -0.2) is 4.79 Å². The quantitative estimate of drug-likeness (QED) is 0.381. The number of benzene rings is 2. The van der Waals surface area contributed by atoms with Crippen LogP contribution in [0.25, 0.3) is 11.0 Å². The normalized spacial score (nSPS) is 14.5. The number of nitrogens with zero attached hydrogens (tertiary/aromatic N) is 2. The maximum Gasteiger partial charge on any atom is 0.336 e. The van der Waals surface area contributed by atoms with E-state index >= 15 is 0 Å². The molecule has 0 saturated carbocycles. The lowest BCUT2D eigenvalue weighted by molar-refractivity contribution is -0.117. The van der Waals surface area contributed by atoms with Gasteiger partial charge in [-0.15, -0.1) is 0 Å². The first-order valence-corrected chi connectivity index (χ1v) is 9.23. The summed E-state index contributed by atoms with van der Waals surface area (Å²) in [5.41, 5.74) is 0.917. The van der Waals surface area contributed by atoms with Crippen molar-refractivity contribution in [1.29, 1.82) is 5.26 Å². The molecule has 7 heteroatoms. The van der Waals surface area contributed by atoms with Gasteiger partial charge in [0.25, 0.3) is 0 Å². The van der Waals surface area contributed by atoms with Gasteiger partial charge in [0.2, 0.25) is 5.78 Å². The van der Waals surface area contributed by atoms with Crippen molar-refractivity contribution in [3.63, 3.8) is 0 Å². The first kappa shape index (κ1) is 17.9. The van der Waals surface area contributed by atoms with Gasteiger partial charge < -0.3 is 14.1 Å². The number of nitriles is 1. The second-order valence-electron chi connectivity index (χ2n) is 6.09. The van der Waals surface area contributed by atoms with Crippen LogP contribution in [0, 0.1) is 11.3 Å². The number of ether oxygens (including phenoxy) is 1. The van der Waals surface area contributed by atoms with E-state index in [2.05, 4.69) is 0 Å². The predicted molar refractivity (Wildman–Crippen MR) is 106 cm³/mol. The highest BCUT2D eigenvalue weighted by atomic mass is 32.2. The van der Waals surface area contributed by atoms with E-state index in [0.29, 0.717) is 16.4 Å². The lowest BCUT2D eigenvalue weighted by Gasteiger charge is -2.14. The van der Waals surface area contributed by atoms with E-state index < -0.39 is 11.4 Å². The minimum Gasteiger partial charge on any atom is -0.485 e. The van der Waals surface area contributed by atoms with Crippen LogP contribution >= 0.6 is 11.8 Å². The van der Waals surface area contributed by atoms with Crippen LogP contribution in [0.3, 0.4) is 0 Å². The zero-order valence-corrected chi connectivity index (χ0v) is 15.7. The molecule has 1 aromatic heterocycles. The molecule has 1 aliphatic rings. The summed E-state index contributed by atoms with van der Waals surface area (Å²) < 4.78 is 10.7. The number of hydrogen-bond acceptors (Lipinski definition) is 7. The number of ketones is 1. The number of carbonyl (C=O) groups excluding carboxylic acids is 1. The highest BCUT2D eigenvalue weighted by molar-refractivity contribution is 8.03. The summed E-state index contributed by atoms with van der Waals surface area (Å²) in [6.45, 7) is -0.292. The predicted octanol–water partition coefficient (Wildman–Crippen LogP) is 3.72. The highest BCUT2D eigenvalue weighted by Gasteiger charge is 2.28. The van der Waals surface area contributed by atoms with Gasteiger partial charge in [0.15, 0.2) is 6.61 Å². The lowest BCUT2D eigenvalue weighted by atomic mass is 10.2. The van der Waals surface area contributed by atoms with Crippen molar-refractivity contribution in [3.05, 3.63) is 75.6 Å². The Labute approximate surface area is 164 Å². The summed E-state index contributed by atoms with van der Waals surface area (Å²) in [5, 5.41) is 10.9. The Balaban J connectivity index is 1.55. The van der Waals surface area contributed by atoms with Gasteiger partial charge in [-0.05, 0) is 30.3 Å². The first-order valence-electron chi connectivity index (χ1n) is 8.42. The Kier molecular flexibility index (Phi) is 4.63. The Morgan fingerprint density at radius 3 is 2.79 bits per heavy atom. The molecule has 0 spiro atoms. The van der Waals surface area contributed by atoms with Crippen LogP contribution in [-0.2, 0) is 4.79 Å². The number of rotatable bonds is 4. The third-order valence-corrected chi connectivity index (χ3v) is 5.54. The summed E-state index contributed by atoms with van der Waals surface area (Å²) in [6, 6.07) is 17.7. The summed E-state index contributed by atoms with van der Waals surface area (Å²) in [5.74, 6) is -0.0347. The molecule has 3 aromatic rings. The smallest absolute Gasteiger partial charge is 0.336 e. The van der Waals surface area contributed by atoms with Crippen molar-refractivity contribution in [2.24, 2.45) is 0 Å². The van der Waals surface area contributed by atoms with E-state index in [1.54, 1.807) is 24.3 Å². The van der Waals surface area contributed by atoms with Crippen molar-refractivity contribution < 1.29 is 13.9 Å². The summed E-state index contributed by atoms with van der Waals surface area (Å²) in [6.07, 6.45) is 0. The van der Waals surface area contributed by atoms with Gasteiger partial charge in [-0.1, -0.05) is 23.9 Å². The van der Waals surface area contributed by atoms with Crippen LogP contribution in [-0.4, -0.2) is 19.4 Å². The number of anilines is 1. The highest BCUT2D eigenvalue weighted by Crippen LogP contribution is 2.46. The molecule has 0 N–H and O–H groups in total. The van der Waals surface area contributed by atoms with E-state index in [0.717, 1.165) is 16.0 Å². The van der Waals surface area contributed by atoms with Gasteiger partial charge in [0, 0.05) is 29.5 Å². The van der Waals surface area contributed by atoms with Crippen LogP contribution in [0.4, 0.5) is 5.69 Å². The van der Waals surface area contributed by atoms with Crippen molar-refractivity contribution in [3.8, 4) is 11.8 Å². The Morgan fingerprint density at radius 1 is 1.21 bits per heavy atom. The molecule has 0 saturated heterocycles. The van der Waals surface area contributed by atoms with E-state index in [1.165, 1.54) is 17.8 Å². The second kappa shape index (κ2) is 7.25. The molecule has 2 heterocycles. The maximum atomic E-state index is 12.6. The fourth-order valence-corrected chi connectivity index (χ4v) is 4.06. The molecule has 138 valence electrons. The molecule has 0 amide bonds. The molecule has 0 aliphatic carbocycles. The monoisotopic (exact) mass is 390 g/mol. The summed E-state index contributed by atoms with van der Waals surface area (Å²) in [7, 11) is 1.82. The number of para-hydroxylation sites is 1. The molecular weight excluding hydrogens is 376 g/mol. The topological polar surface area (TPSA) is 83.5 Å². The molecule has 2 aromatic carbocycles. The van der Waals surface area contributed by atoms with Gasteiger partial charge in [0.05, 0.1) is 5.69 Å². The number of fused-ring (bicyclic) bond motifs is 2. The number of carbonyl (C=O) groups is 1. The average Bonchev–Trinajstić information content (AvgIpc) is 3.03. The van der Waals surface area contributed by atoms with Gasteiger partial charge >= 0.3 is 5.63 Å². The fraction of sp³-hybridized carbons (Fsp3) is 0.0952. The Bertz CT molecular complexity index is 1220. The molecule has 4 rings (SSSR count). The first-order chi connectivity index (χ1) is 13.6. The summed E-state index contributed by atoms with van der Waals surface area (Å²) in [4.78, 5) is 26.8. The van der Waals surface area contributed by atoms with Gasteiger partial charge in [-0.3, -0.25) is 4.79 Å². The van der Waals surface area contributed by atoms with Gasteiger partial charge in [0.1, 0.15) is 28.0 Å². The standard InChI is InChI=1S/C21H14N2O4S/c1-23-16-4-2-3-5-19(16)28-21(23)15(11-22)17(24)12-26-14-8-6-13-7-9-20(25)27-18(13)10-14/h2-10H,12H2,1H3. The van der Waals surface area contributed by atoms with E-state index in [4.69, 9.17) is 9.15 Å². The van der Waals surface area contributed by atoms with E-state index in [1.807, 2.05) is 42.3 Å². The maximum absolute atomic E-state index is 12.6. The lowest BCUT2D eigenvalue weighted by Crippen LogP contribution is -2.19. The second-order valence-corrected chi connectivity index (χ2v) is 7.12. The van der Waals surface area contributed by atoms with E-state index in [9.17, 15) is 14.9 Å². The minimum absolute atomic E-state index is 0.0519. The molecule has 0 bridgehead atoms. The van der Waals surface area contributed by atoms with Crippen molar-refractivity contribution in [2.75, 3.05) is 18.6 Å². The molecular formula is C21H14N2O4S. The fourth-order valence-electron chi connectivity index (χ4n) is 2.90. The Hall–Kier alpha value is -3.50. The van der Waals surface area contributed by atoms with Crippen molar-refractivity contribution >= 4 is 34.2 Å². The van der Waals surface area contributed by atoms with Crippen LogP contribution in [0.2, 0.25) is 0 Å². The van der Waals surface area contributed by atoms with Crippen LogP contribution in [0.15, 0.2) is 79.3 Å². The molecule has 6 nitrogen and oxygen atoms in total. The molecule has 0 atom stereocenters. The van der Waals surface area contributed by atoms with Crippen LogP contribution in [0.5, 0.6) is 5.75 Å². The zero-order valence-electron chi connectivity index (χ0n) is 14.8. The molecule has 1 aliphatic heterocycles. The third-order valence-electron chi connectivity index (χ3n) is 4.31. The molecule has 0 fully saturated rings. The largest absolute Gasteiger partial charge is 0.485 e. The SMILES string of the molecule is CN1C(=C(C#N)C(=O)COc2ccc3ccc(=O)oc3c2)Sc2ccccc21. The number of thioether (sulfide) groups is 1. The van der Waals surface area contributed by atoms with Crippen molar-refractivity contribution in [2.45, 2.75) is 4.90 Å². The van der Waals surface area contributed by atoms with Crippen molar-refractivity contribution in [1.82, 2.24) is 0 Å². The van der Waals surface area contributed by atoms with Gasteiger partial charge in [-0.2, -0.15) is 5.26 Å². The number of hydrogen-bond donors (Lipinski definition) is 0. The molecule has 0 radical (unpaired) electrons. The van der Waals surface area contributed by atoms with Crippen LogP contribution < -0.4 is 15.3 Å². The minimum atomic E-state index is -0.460. The zero-order chi connectivity index (χ0) is 19.7. The molecule has 28 heavy (non-hydrogen) atoms. The van der Waals surface area contributed by atoms with Crippen LogP contribution in [0.1, 0.15) is 0 Å². The number of Topliss-reactive ketones (excluding diaryl/α,β-unsaturated/α-hetero) is 1. The molecule has 0 unspecified atom stereocenters. The average molecular weight is 390 g/mol. The summed E-state index contributed by atoms with van der Waals surface area (Å²) >= 11 is 1.39. The van der Waals surface area contributed by atoms with E-state index in [-0.39, 0.29) is 12.2 Å². The third kappa shape index (κ3) is 3.26.